The molecule has 1 aromatic heterocycles. The number of hydrogen-bond donors (Lipinski definition) is 2. The molecule has 0 aliphatic carbocycles. The highest BCUT2D eigenvalue weighted by molar-refractivity contribution is 7.90. The molecule has 1 aromatic rings. The molecule has 0 saturated carbocycles. The molecule has 2 aliphatic rings. The van der Waals surface area contributed by atoms with E-state index < -0.39 is 15.9 Å². The number of hydrogen-bond acceptors (Lipinski definition) is 6. The summed E-state index contributed by atoms with van der Waals surface area (Å²) in [6.45, 7) is 1.51. The molecule has 3 heterocycles. The van der Waals surface area contributed by atoms with Crippen LogP contribution in [0.4, 0.5) is 10.5 Å². The van der Waals surface area contributed by atoms with E-state index in [-0.39, 0.29) is 23.0 Å². The van der Waals surface area contributed by atoms with E-state index in [0.717, 1.165) is 6.26 Å². The highest BCUT2D eigenvalue weighted by atomic mass is 32.2. The van der Waals surface area contributed by atoms with Crippen molar-refractivity contribution in [3.8, 4) is 0 Å². The molecule has 0 bridgehead atoms. The summed E-state index contributed by atoms with van der Waals surface area (Å²) in [4.78, 5) is 30.8. The highest BCUT2D eigenvalue weighted by Gasteiger charge is 2.37. The Morgan fingerprint density at radius 1 is 1.23 bits per heavy atom. The maximum atomic E-state index is 12.7. The second-order valence-electron chi connectivity index (χ2n) is 6.68. The average molecular weight is 382 g/mol. The van der Waals surface area contributed by atoms with E-state index in [1.165, 1.54) is 17.2 Å². The van der Waals surface area contributed by atoms with Gasteiger partial charge in [0.2, 0.25) is 5.91 Å². The number of anilines is 1. The van der Waals surface area contributed by atoms with Crippen molar-refractivity contribution in [2.45, 2.75) is 36.4 Å². The molecule has 3 rings (SSSR count). The molecule has 9 nitrogen and oxygen atoms in total. The second-order valence-corrected chi connectivity index (χ2v) is 8.64. The molecule has 10 heteroatoms. The lowest BCUT2D eigenvalue weighted by Crippen LogP contribution is -2.48. The fourth-order valence-corrected chi connectivity index (χ4v) is 4.01. The number of carbonyl (C=O) groups excluding carboxylic acids is 1. The first-order chi connectivity index (χ1) is 12.3. The lowest BCUT2D eigenvalue weighted by atomic mass is 10.0. The van der Waals surface area contributed by atoms with Crippen LogP contribution in [0, 0.1) is 0 Å². The molecular formula is C16H22N4O5S. The predicted molar refractivity (Wildman–Crippen MR) is 93.7 cm³/mol. The van der Waals surface area contributed by atoms with E-state index in [9.17, 15) is 18.0 Å². The molecular weight excluding hydrogens is 360 g/mol. The number of piperidine rings is 1. The van der Waals surface area contributed by atoms with E-state index in [1.807, 2.05) is 4.90 Å². The van der Waals surface area contributed by atoms with Crippen LogP contribution in [-0.4, -0.2) is 78.3 Å². The van der Waals surface area contributed by atoms with E-state index in [0.29, 0.717) is 44.6 Å². The van der Waals surface area contributed by atoms with Gasteiger partial charge in [-0.3, -0.25) is 4.79 Å². The summed E-state index contributed by atoms with van der Waals surface area (Å²) in [5, 5.41) is 12.1. The van der Waals surface area contributed by atoms with Crippen molar-refractivity contribution < 1.29 is 23.1 Å². The van der Waals surface area contributed by atoms with Crippen LogP contribution in [0.1, 0.15) is 19.3 Å². The van der Waals surface area contributed by atoms with E-state index >= 15 is 0 Å². The molecule has 0 aromatic carbocycles. The third-order valence-electron chi connectivity index (χ3n) is 4.87. The van der Waals surface area contributed by atoms with Crippen LogP contribution < -0.4 is 5.32 Å². The minimum atomic E-state index is -3.35. The molecule has 2 amide bonds. The van der Waals surface area contributed by atoms with Gasteiger partial charge in [-0.25, -0.2) is 18.2 Å². The maximum absolute atomic E-state index is 12.7. The van der Waals surface area contributed by atoms with Crippen molar-refractivity contribution in [2.75, 3.05) is 31.2 Å². The summed E-state index contributed by atoms with van der Waals surface area (Å²) in [6, 6.07) is 2.70. The van der Waals surface area contributed by atoms with Crippen molar-refractivity contribution >= 4 is 27.5 Å². The number of pyridine rings is 1. The smallest absolute Gasteiger partial charge is 0.407 e. The Hall–Kier alpha value is -2.36. The van der Waals surface area contributed by atoms with Gasteiger partial charge in [-0.1, -0.05) is 0 Å². The number of nitrogens with zero attached hydrogens (tertiary/aromatic N) is 3. The molecule has 2 aliphatic heterocycles. The minimum absolute atomic E-state index is 0.00684. The zero-order valence-electron chi connectivity index (χ0n) is 14.5. The first-order valence-corrected chi connectivity index (χ1v) is 10.4. The van der Waals surface area contributed by atoms with Crippen molar-refractivity contribution in [3.05, 3.63) is 18.3 Å². The van der Waals surface area contributed by atoms with Gasteiger partial charge in [0.25, 0.3) is 0 Å². The molecule has 2 saturated heterocycles. The third kappa shape index (κ3) is 3.90. The Bertz CT molecular complexity index is 787. The predicted octanol–water partition coefficient (Wildman–Crippen LogP) is 0.640. The van der Waals surface area contributed by atoms with Gasteiger partial charge < -0.3 is 20.2 Å². The number of amides is 2. The van der Waals surface area contributed by atoms with Crippen LogP contribution in [0.5, 0.6) is 0 Å². The molecule has 142 valence electrons. The van der Waals surface area contributed by atoms with Gasteiger partial charge in [-0.05, 0) is 31.4 Å². The van der Waals surface area contributed by atoms with Gasteiger partial charge in [0.05, 0.1) is 11.9 Å². The van der Waals surface area contributed by atoms with Crippen LogP contribution in [0.15, 0.2) is 23.4 Å². The minimum Gasteiger partial charge on any atom is -0.465 e. The fourth-order valence-electron chi connectivity index (χ4n) is 3.45. The Balaban J connectivity index is 1.58. The largest absolute Gasteiger partial charge is 0.465 e. The molecule has 1 unspecified atom stereocenters. The van der Waals surface area contributed by atoms with E-state index in [2.05, 4.69) is 10.3 Å². The second kappa shape index (κ2) is 7.10. The van der Waals surface area contributed by atoms with Gasteiger partial charge in [-0.2, -0.15) is 0 Å². The number of sulfone groups is 1. The number of rotatable bonds is 4. The van der Waals surface area contributed by atoms with Crippen LogP contribution in [0.3, 0.4) is 0 Å². The third-order valence-corrected chi connectivity index (χ3v) is 5.87. The quantitative estimate of drug-likeness (QED) is 0.784. The van der Waals surface area contributed by atoms with Crippen LogP contribution in [0.25, 0.3) is 0 Å². The topological polar surface area (TPSA) is 120 Å². The molecule has 0 spiro atoms. The number of likely N-dealkylation sites (tertiary alicyclic amines) is 2. The first-order valence-electron chi connectivity index (χ1n) is 8.46. The van der Waals surface area contributed by atoms with E-state index in [4.69, 9.17) is 5.11 Å². The Morgan fingerprint density at radius 2 is 1.92 bits per heavy atom. The zero-order valence-corrected chi connectivity index (χ0v) is 15.3. The number of aromatic nitrogens is 1. The zero-order chi connectivity index (χ0) is 18.9. The average Bonchev–Trinajstić information content (AvgIpc) is 2.95. The van der Waals surface area contributed by atoms with Crippen LogP contribution >= 0.6 is 0 Å². The number of nitrogens with one attached hydrogen (secondary N) is 1. The Kier molecular flexibility index (Phi) is 5.03. The monoisotopic (exact) mass is 382 g/mol. The van der Waals surface area contributed by atoms with Gasteiger partial charge >= 0.3 is 6.09 Å². The summed E-state index contributed by atoms with van der Waals surface area (Å²) in [6.07, 6.45) is 3.53. The van der Waals surface area contributed by atoms with Crippen molar-refractivity contribution in [1.82, 2.24) is 14.8 Å². The summed E-state index contributed by atoms with van der Waals surface area (Å²) in [5.74, 6) is -0.00837. The van der Waals surface area contributed by atoms with Gasteiger partial charge in [-0.15, -0.1) is 0 Å². The highest BCUT2D eigenvalue weighted by Crippen LogP contribution is 2.24. The van der Waals surface area contributed by atoms with Gasteiger partial charge in [0.1, 0.15) is 6.04 Å². The van der Waals surface area contributed by atoms with Crippen molar-refractivity contribution in [1.29, 1.82) is 0 Å². The normalized spacial score (nSPS) is 21.9. The Morgan fingerprint density at radius 3 is 2.46 bits per heavy atom. The standard InChI is InChI=1S/C16H22N4O5S/c1-26(24,25)14-3-2-11(10-17-14)18-13-6-9-20(15(13)21)12-4-7-19(8-5-12)16(22)23/h2-3,10,12-13,18H,4-9H2,1H3,(H,22,23). The van der Waals surface area contributed by atoms with Crippen LogP contribution in [-0.2, 0) is 14.6 Å². The van der Waals surface area contributed by atoms with Crippen molar-refractivity contribution in [3.63, 3.8) is 0 Å². The molecule has 0 radical (unpaired) electrons. The first kappa shape index (κ1) is 18.4. The Labute approximate surface area is 151 Å². The summed E-state index contributed by atoms with van der Waals surface area (Å²) >= 11 is 0. The summed E-state index contributed by atoms with van der Waals surface area (Å²) < 4.78 is 22.9. The van der Waals surface area contributed by atoms with Gasteiger partial charge in [0, 0.05) is 31.9 Å². The SMILES string of the molecule is CS(=O)(=O)c1ccc(NC2CCN(C3CCN(C(=O)O)CC3)C2=O)cn1. The fraction of sp³-hybridized carbons (Fsp3) is 0.562. The number of carboxylic acid groups (broad SMARTS) is 1. The molecule has 2 N–H and O–H groups in total. The number of carbonyl (C=O) groups is 2. The summed E-state index contributed by atoms with van der Waals surface area (Å²) in [7, 11) is -3.35. The molecule has 1 atom stereocenters. The lowest BCUT2D eigenvalue weighted by Gasteiger charge is -2.35. The molecule has 26 heavy (non-hydrogen) atoms. The molecule has 2 fully saturated rings. The summed E-state index contributed by atoms with van der Waals surface area (Å²) in [5.41, 5.74) is 0.596. The lowest BCUT2D eigenvalue weighted by molar-refractivity contribution is -0.131. The van der Waals surface area contributed by atoms with Gasteiger partial charge in [0.15, 0.2) is 14.9 Å². The van der Waals surface area contributed by atoms with Crippen LogP contribution in [0.2, 0.25) is 0 Å². The van der Waals surface area contributed by atoms with Crippen molar-refractivity contribution in [2.24, 2.45) is 0 Å². The van der Waals surface area contributed by atoms with E-state index in [1.54, 1.807) is 6.07 Å². The maximum Gasteiger partial charge on any atom is 0.407 e.